The Balaban J connectivity index is 2.32. The molecule has 0 spiro atoms. The number of anilines is 2. The second-order valence-electron chi connectivity index (χ2n) is 4.93. The lowest BCUT2D eigenvalue weighted by Crippen LogP contribution is -2.34. The fourth-order valence-corrected chi connectivity index (χ4v) is 2.46. The molecule has 1 saturated heterocycles. The van der Waals surface area contributed by atoms with Gasteiger partial charge in [-0.2, -0.15) is 0 Å². The first-order valence-electron chi connectivity index (χ1n) is 7.35. The van der Waals surface area contributed by atoms with Crippen molar-refractivity contribution in [1.29, 1.82) is 0 Å². The van der Waals surface area contributed by atoms with Crippen LogP contribution in [0, 0.1) is 0 Å². The molecule has 20 heavy (non-hydrogen) atoms. The smallest absolute Gasteiger partial charge is 0.239 e. The van der Waals surface area contributed by atoms with Crippen molar-refractivity contribution in [3.05, 3.63) is 11.9 Å². The van der Waals surface area contributed by atoms with E-state index < -0.39 is 0 Å². The van der Waals surface area contributed by atoms with Crippen LogP contribution in [-0.2, 0) is 11.2 Å². The van der Waals surface area contributed by atoms with Crippen molar-refractivity contribution in [3.63, 3.8) is 0 Å². The molecule has 0 aromatic carbocycles. The summed E-state index contributed by atoms with van der Waals surface area (Å²) in [7, 11) is 0. The molecule has 6 nitrogen and oxygen atoms in total. The van der Waals surface area contributed by atoms with Crippen molar-refractivity contribution in [2.45, 2.75) is 33.1 Å². The molecule has 0 aliphatic carbocycles. The molecule has 0 unspecified atom stereocenters. The Hall–Kier alpha value is -1.85. The van der Waals surface area contributed by atoms with Crippen LogP contribution in [0.1, 0.15) is 32.3 Å². The number of hydrogen-bond acceptors (Lipinski definition) is 5. The standard InChI is InChI=1S/C14H23N5O/c1-3-6-11-13(15-4-2)17-10-18-14(11)19-8-5-7-16-12(20)9-19/h10H,3-9H2,1-2H3,(H,16,20)(H,15,17,18). The lowest BCUT2D eigenvalue weighted by molar-refractivity contribution is -0.119. The van der Waals surface area contributed by atoms with E-state index >= 15 is 0 Å². The Labute approximate surface area is 120 Å². The van der Waals surface area contributed by atoms with Gasteiger partial charge in [-0.1, -0.05) is 13.3 Å². The summed E-state index contributed by atoms with van der Waals surface area (Å²) in [5, 5.41) is 6.18. The number of aromatic nitrogens is 2. The number of hydrogen-bond donors (Lipinski definition) is 2. The van der Waals surface area contributed by atoms with Gasteiger partial charge >= 0.3 is 0 Å². The van der Waals surface area contributed by atoms with E-state index in [1.807, 2.05) is 0 Å². The van der Waals surface area contributed by atoms with Crippen LogP contribution in [0.5, 0.6) is 0 Å². The fourth-order valence-electron chi connectivity index (χ4n) is 2.46. The van der Waals surface area contributed by atoms with Crippen LogP contribution in [0.4, 0.5) is 11.6 Å². The van der Waals surface area contributed by atoms with Crippen LogP contribution >= 0.6 is 0 Å². The molecule has 1 aliphatic rings. The fraction of sp³-hybridized carbons (Fsp3) is 0.643. The molecule has 110 valence electrons. The van der Waals surface area contributed by atoms with Crippen molar-refractivity contribution < 1.29 is 4.79 Å². The minimum Gasteiger partial charge on any atom is -0.370 e. The Morgan fingerprint density at radius 2 is 2.25 bits per heavy atom. The average molecular weight is 277 g/mol. The quantitative estimate of drug-likeness (QED) is 0.846. The van der Waals surface area contributed by atoms with Gasteiger partial charge in [0, 0.05) is 25.2 Å². The molecule has 0 radical (unpaired) electrons. The zero-order valence-electron chi connectivity index (χ0n) is 12.3. The molecule has 2 N–H and O–H groups in total. The zero-order valence-corrected chi connectivity index (χ0v) is 12.3. The first-order chi connectivity index (χ1) is 9.76. The van der Waals surface area contributed by atoms with Crippen LogP contribution in [0.3, 0.4) is 0 Å². The first-order valence-corrected chi connectivity index (χ1v) is 7.35. The van der Waals surface area contributed by atoms with E-state index in [2.05, 4.69) is 39.3 Å². The lowest BCUT2D eigenvalue weighted by Gasteiger charge is -2.24. The Kier molecular flexibility index (Phi) is 5.15. The van der Waals surface area contributed by atoms with Gasteiger partial charge in [-0.05, 0) is 19.8 Å². The molecule has 0 bridgehead atoms. The van der Waals surface area contributed by atoms with Crippen LogP contribution < -0.4 is 15.5 Å². The predicted octanol–water partition coefficient (Wildman–Crippen LogP) is 1.19. The van der Waals surface area contributed by atoms with Gasteiger partial charge in [0.05, 0.1) is 6.54 Å². The Morgan fingerprint density at radius 3 is 3.00 bits per heavy atom. The molecule has 6 heteroatoms. The second-order valence-corrected chi connectivity index (χ2v) is 4.93. The van der Waals surface area contributed by atoms with Crippen LogP contribution in [0.2, 0.25) is 0 Å². The molecule has 1 aromatic rings. The number of carbonyl (C=O) groups is 1. The number of carbonyl (C=O) groups excluding carboxylic acids is 1. The molecule has 1 fully saturated rings. The minimum absolute atomic E-state index is 0.0635. The largest absolute Gasteiger partial charge is 0.370 e. The van der Waals surface area contributed by atoms with E-state index in [4.69, 9.17) is 0 Å². The average Bonchev–Trinajstić information content (AvgIpc) is 2.66. The first kappa shape index (κ1) is 14.6. The second kappa shape index (κ2) is 7.07. The molecule has 1 aliphatic heterocycles. The third-order valence-electron chi connectivity index (χ3n) is 3.33. The van der Waals surface area contributed by atoms with E-state index in [1.165, 1.54) is 0 Å². The van der Waals surface area contributed by atoms with Gasteiger partial charge in [0.1, 0.15) is 18.0 Å². The topological polar surface area (TPSA) is 70.2 Å². The number of rotatable bonds is 5. The van der Waals surface area contributed by atoms with E-state index in [1.54, 1.807) is 6.33 Å². The summed E-state index contributed by atoms with van der Waals surface area (Å²) in [6.07, 6.45) is 4.46. The van der Waals surface area contributed by atoms with Crippen molar-refractivity contribution in [2.24, 2.45) is 0 Å². The minimum atomic E-state index is 0.0635. The normalized spacial score (nSPS) is 15.7. The Morgan fingerprint density at radius 1 is 1.40 bits per heavy atom. The van der Waals surface area contributed by atoms with Gasteiger partial charge < -0.3 is 15.5 Å². The summed E-state index contributed by atoms with van der Waals surface area (Å²) in [5.74, 6) is 1.85. The summed E-state index contributed by atoms with van der Waals surface area (Å²) in [4.78, 5) is 22.6. The Bertz CT molecular complexity index is 463. The van der Waals surface area contributed by atoms with Crippen LogP contribution in [0.25, 0.3) is 0 Å². The van der Waals surface area contributed by atoms with Crippen molar-refractivity contribution in [3.8, 4) is 0 Å². The molecule has 2 rings (SSSR count). The molecule has 0 saturated carbocycles. The summed E-state index contributed by atoms with van der Waals surface area (Å²) in [5.41, 5.74) is 1.12. The molecule has 0 atom stereocenters. The summed E-state index contributed by atoms with van der Waals surface area (Å²) in [6, 6.07) is 0. The maximum Gasteiger partial charge on any atom is 0.239 e. The van der Waals surface area contributed by atoms with Crippen molar-refractivity contribution in [2.75, 3.05) is 36.4 Å². The maximum absolute atomic E-state index is 11.7. The van der Waals surface area contributed by atoms with E-state index in [0.717, 1.165) is 56.1 Å². The lowest BCUT2D eigenvalue weighted by atomic mass is 10.1. The van der Waals surface area contributed by atoms with Gasteiger partial charge in [-0.3, -0.25) is 4.79 Å². The highest BCUT2D eigenvalue weighted by molar-refractivity contribution is 5.82. The maximum atomic E-state index is 11.7. The van der Waals surface area contributed by atoms with Gasteiger partial charge in [0.2, 0.25) is 5.91 Å². The molecule has 1 amide bonds. The van der Waals surface area contributed by atoms with Crippen molar-refractivity contribution >= 4 is 17.5 Å². The van der Waals surface area contributed by atoms with E-state index in [0.29, 0.717) is 6.54 Å². The molecular formula is C14H23N5O. The third-order valence-corrected chi connectivity index (χ3v) is 3.33. The monoisotopic (exact) mass is 277 g/mol. The SMILES string of the molecule is CCCc1c(NCC)ncnc1N1CCCNC(=O)C1. The van der Waals surface area contributed by atoms with E-state index in [9.17, 15) is 4.79 Å². The number of nitrogens with one attached hydrogen (secondary N) is 2. The predicted molar refractivity (Wildman–Crippen MR) is 80.0 cm³/mol. The number of nitrogens with zero attached hydrogens (tertiary/aromatic N) is 3. The zero-order chi connectivity index (χ0) is 14.4. The van der Waals surface area contributed by atoms with E-state index in [-0.39, 0.29) is 5.91 Å². The van der Waals surface area contributed by atoms with Crippen molar-refractivity contribution in [1.82, 2.24) is 15.3 Å². The van der Waals surface area contributed by atoms with Gasteiger partial charge in [-0.25, -0.2) is 9.97 Å². The summed E-state index contributed by atoms with van der Waals surface area (Å²) in [6.45, 7) is 6.98. The number of amides is 1. The van der Waals surface area contributed by atoms with Crippen LogP contribution in [0.15, 0.2) is 6.33 Å². The van der Waals surface area contributed by atoms with Crippen LogP contribution in [-0.4, -0.2) is 42.1 Å². The molecule has 1 aromatic heterocycles. The van der Waals surface area contributed by atoms with Gasteiger partial charge in [-0.15, -0.1) is 0 Å². The summed E-state index contributed by atoms with van der Waals surface area (Å²) < 4.78 is 0. The molecular weight excluding hydrogens is 254 g/mol. The highest BCUT2D eigenvalue weighted by Crippen LogP contribution is 2.25. The highest BCUT2D eigenvalue weighted by Gasteiger charge is 2.20. The van der Waals surface area contributed by atoms with Gasteiger partial charge in [0.15, 0.2) is 0 Å². The third kappa shape index (κ3) is 3.37. The highest BCUT2D eigenvalue weighted by atomic mass is 16.2. The molecule has 2 heterocycles. The summed E-state index contributed by atoms with van der Waals surface area (Å²) >= 11 is 0. The van der Waals surface area contributed by atoms with Gasteiger partial charge in [0.25, 0.3) is 0 Å².